The molecule has 3 aromatic carbocycles. The second-order valence-electron chi connectivity index (χ2n) is 9.70. The number of carbonyl (C=O) groups is 2. The van der Waals surface area contributed by atoms with Crippen molar-refractivity contribution in [1.82, 2.24) is 9.73 Å². The van der Waals surface area contributed by atoms with Gasteiger partial charge in [-0.15, -0.1) is 11.3 Å². The topological polar surface area (TPSA) is 117 Å². The molecule has 9 nitrogen and oxygen atoms in total. The number of hydrazone groups is 1. The summed E-state index contributed by atoms with van der Waals surface area (Å²) in [5.74, 6) is -0.158. The lowest BCUT2D eigenvalue weighted by molar-refractivity contribution is -0.126. The van der Waals surface area contributed by atoms with Crippen LogP contribution in [0.1, 0.15) is 35.7 Å². The number of rotatable bonds is 8. The Morgan fingerprint density at radius 2 is 1.66 bits per heavy atom. The van der Waals surface area contributed by atoms with Crippen LogP contribution in [0.2, 0.25) is 0 Å². The van der Waals surface area contributed by atoms with Crippen LogP contribution in [0.4, 0.5) is 5.69 Å². The number of hydrogen-bond donors (Lipinski definition) is 2. The smallest absolute Gasteiger partial charge is 0.257 e. The molecule has 2 heterocycles. The fraction of sp³-hybridized carbons (Fsp3) is 0.233. The van der Waals surface area contributed by atoms with Crippen molar-refractivity contribution in [3.8, 4) is 5.75 Å². The van der Waals surface area contributed by atoms with Gasteiger partial charge in [-0.2, -0.15) is 9.41 Å². The number of carbonyl (C=O) groups excluding carboxylic acids is 2. The summed E-state index contributed by atoms with van der Waals surface area (Å²) in [6, 6.07) is 21.3. The molecule has 1 aliphatic rings. The van der Waals surface area contributed by atoms with Crippen LogP contribution in [0, 0.1) is 5.92 Å². The minimum Gasteiger partial charge on any atom is -0.497 e. The molecule has 1 fully saturated rings. The number of hydrogen-bond acceptors (Lipinski definition) is 7. The number of benzene rings is 3. The second-order valence-corrected chi connectivity index (χ2v) is 12.6. The van der Waals surface area contributed by atoms with Gasteiger partial charge in [-0.3, -0.25) is 9.59 Å². The molecule has 0 spiro atoms. The molecule has 0 unspecified atom stereocenters. The molecule has 0 bridgehead atoms. The maximum absolute atomic E-state index is 13.0. The molecule has 1 aromatic heterocycles. The van der Waals surface area contributed by atoms with Crippen LogP contribution in [0.15, 0.2) is 88.2 Å². The zero-order valence-corrected chi connectivity index (χ0v) is 24.3. The van der Waals surface area contributed by atoms with Gasteiger partial charge in [0.1, 0.15) is 5.75 Å². The van der Waals surface area contributed by atoms with Crippen molar-refractivity contribution in [3.05, 3.63) is 89.3 Å². The van der Waals surface area contributed by atoms with E-state index in [9.17, 15) is 18.0 Å². The van der Waals surface area contributed by atoms with Gasteiger partial charge in [0, 0.05) is 40.2 Å². The molecule has 41 heavy (non-hydrogen) atoms. The van der Waals surface area contributed by atoms with Crippen molar-refractivity contribution in [1.29, 1.82) is 0 Å². The van der Waals surface area contributed by atoms with Gasteiger partial charge in [0.15, 0.2) is 0 Å². The Kier molecular flexibility index (Phi) is 8.48. The van der Waals surface area contributed by atoms with Gasteiger partial charge in [-0.25, -0.2) is 13.8 Å². The molecule has 2 N–H and O–H groups in total. The number of anilines is 1. The summed E-state index contributed by atoms with van der Waals surface area (Å²) in [6.45, 7) is 2.29. The normalized spacial score (nSPS) is 15.0. The highest BCUT2D eigenvalue weighted by Crippen LogP contribution is 2.27. The highest BCUT2D eigenvalue weighted by Gasteiger charge is 2.32. The predicted octanol–water partition coefficient (Wildman–Crippen LogP) is 5.10. The van der Waals surface area contributed by atoms with E-state index in [1.807, 2.05) is 41.8 Å². The van der Waals surface area contributed by atoms with E-state index in [2.05, 4.69) is 15.8 Å². The number of amides is 2. The summed E-state index contributed by atoms with van der Waals surface area (Å²) in [5.41, 5.74) is 5.33. The third-order valence-electron chi connectivity index (χ3n) is 7.14. The van der Waals surface area contributed by atoms with E-state index in [-0.39, 0.29) is 35.7 Å². The van der Waals surface area contributed by atoms with Crippen LogP contribution >= 0.6 is 11.3 Å². The van der Waals surface area contributed by atoms with Crippen LogP contribution in [0.5, 0.6) is 5.75 Å². The Morgan fingerprint density at radius 1 is 0.976 bits per heavy atom. The number of methoxy groups -OCH3 is 1. The lowest BCUT2D eigenvalue weighted by atomic mass is 9.98. The summed E-state index contributed by atoms with van der Waals surface area (Å²) in [5, 5.41) is 9.97. The SMILES string of the molecule is COc1ccc(S(=O)(=O)N2CCC(C(=O)NN=C(C)c3ccc(NC(=O)c4csc5ccccc45)cc3)CC2)cc1. The standard InChI is InChI=1S/C30H30N4O5S2/c1-20(21-7-9-23(10-8-21)31-30(36)27-19-40-28-6-4-3-5-26(27)28)32-33-29(35)22-15-17-34(18-16-22)41(37,38)25-13-11-24(39-2)12-14-25/h3-14,19,22H,15-18H2,1-2H3,(H,31,36)(H,33,35). The van der Waals surface area contributed by atoms with Crippen LogP contribution in [0.3, 0.4) is 0 Å². The molecule has 1 saturated heterocycles. The number of nitrogens with zero attached hydrogens (tertiary/aromatic N) is 2. The minimum absolute atomic E-state index is 0.171. The van der Waals surface area contributed by atoms with Crippen molar-refractivity contribution >= 4 is 54.7 Å². The van der Waals surface area contributed by atoms with Crippen molar-refractivity contribution in [2.45, 2.75) is 24.7 Å². The fourth-order valence-electron chi connectivity index (χ4n) is 4.70. The zero-order chi connectivity index (χ0) is 29.0. The van der Waals surface area contributed by atoms with Gasteiger partial charge in [0.05, 0.1) is 23.3 Å². The van der Waals surface area contributed by atoms with Crippen LogP contribution < -0.4 is 15.5 Å². The second kappa shape index (κ2) is 12.2. The molecule has 4 aromatic rings. The minimum atomic E-state index is -3.64. The first-order valence-electron chi connectivity index (χ1n) is 13.1. The van der Waals surface area contributed by atoms with E-state index in [1.165, 1.54) is 34.9 Å². The summed E-state index contributed by atoms with van der Waals surface area (Å²) in [7, 11) is -2.11. The van der Waals surface area contributed by atoms with E-state index in [1.54, 1.807) is 31.2 Å². The average Bonchev–Trinajstić information content (AvgIpc) is 3.44. The van der Waals surface area contributed by atoms with Gasteiger partial charge in [0.25, 0.3) is 5.91 Å². The van der Waals surface area contributed by atoms with Gasteiger partial charge in [-0.1, -0.05) is 30.3 Å². The Balaban J connectivity index is 1.13. The number of fused-ring (bicyclic) bond motifs is 1. The van der Waals surface area contributed by atoms with Gasteiger partial charge >= 0.3 is 0 Å². The lowest BCUT2D eigenvalue weighted by Gasteiger charge is -2.30. The molecule has 0 aliphatic carbocycles. The van der Waals surface area contributed by atoms with Crippen LogP contribution in [-0.2, 0) is 14.8 Å². The Labute approximate surface area is 242 Å². The zero-order valence-electron chi connectivity index (χ0n) is 22.7. The first-order valence-corrected chi connectivity index (χ1v) is 15.4. The van der Waals surface area contributed by atoms with Gasteiger partial charge in [-0.05, 0) is 67.8 Å². The Hall–Kier alpha value is -4.06. The molecule has 0 atom stereocenters. The quantitative estimate of drug-likeness (QED) is 0.219. The lowest BCUT2D eigenvalue weighted by Crippen LogP contribution is -2.42. The molecule has 212 valence electrons. The monoisotopic (exact) mass is 590 g/mol. The van der Waals surface area contributed by atoms with E-state index < -0.39 is 10.0 Å². The van der Waals surface area contributed by atoms with E-state index in [0.717, 1.165) is 15.6 Å². The number of sulfonamides is 1. The van der Waals surface area contributed by atoms with E-state index >= 15 is 0 Å². The summed E-state index contributed by atoms with van der Waals surface area (Å²) in [4.78, 5) is 25.8. The largest absolute Gasteiger partial charge is 0.497 e. The van der Waals surface area contributed by atoms with Crippen molar-refractivity contribution < 1.29 is 22.7 Å². The molecule has 0 saturated carbocycles. The predicted molar refractivity (Wildman–Crippen MR) is 161 cm³/mol. The highest BCUT2D eigenvalue weighted by molar-refractivity contribution is 7.89. The molecular weight excluding hydrogens is 560 g/mol. The first kappa shape index (κ1) is 28.5. The summed E-state index contributed by atoms with van der Waals surface area (Å²) in [6.07, 6.45) is 0.813. The Morgan fingerprint density at radius 3 is 2.34 bits per heavy atom. The fourth-order valence-corrected chi connectivity index (χ4v) is 7.11. The van der Waals surface area contributed by atoms with Crippen molar-refractivity contribution in [3.63, 3.8) is 0 Å². The number of thiophene rings is 1. The molecule has 5 rings (SSSR count). The summed E-state index contributed by atoms with van der Waals surface area (Å²) < 4.78 is 33.5. The maximum Gasteiger partial charge on any atom is 0.257 e. The van der Waals surface area contributed by atoms with Gasteiger partial charge in [0.2, 0.25) is 15.9 Å². The van der Waals surface area contributed by atoms with Gasteiger partial charge < -0.3 is 10.1 Å². The Bertz CT molecular complexity index is 1690. The number of nitrogens with one attached hydrogen (secondary N) is 2. The third-order valence-corrected chi connectivity index (χ3v) is 10.0. The van der Waals surface area contributed by atoms with Crippen molar-refractivity contribution in [2.75, 3.05) is 25.5 Å². The summed E-state index contributed by atoms with van der Waals surface area (Å²) >= 11 is 1.53. The number of piperidine rings is 1. The molecule has 0 radical (unpaired) electrons. The van der Waals surface area contributed by atoms with Crippen LogP contribution in [-0.4, -0.2) is 50.4 Å². The average molecular weight is 591 g/mol. The van der Waals surface area contributed by atoms with E-state index in [0.29, 0.717) is 35.6 Å². The molecule has 11 heteroatoms. The third kappa shape index (κ3) is 6.32. The van der Waals surface area contributed by atoms with E-state index in [4.69, 9.17) is 4.74 Å². The number of ether oxygens (including phenoxy) is 1. The van der Waals surface area contributed by atoms with Crippen molar-refractivity contribution in [2.24, 2.45) is 11.0 Å². The maximum atomic E-state index is 13.0. The highest BCUT2D eigenvalue weighted by atomic mass is 32.2. The molecular formula is C30H30N4O5S2. The molecule has 2 amide bonds. The van der Waals surface area contributed by atoms with Crippen LogP contribution in [0.25, 0.3) is 10.1 Å². The first-order chi connectivity index (χ1) is 19.8. The molecule has 1 aliphatic heterocycles.